The number of piperidine rings is 1. The summed E-state index contributed by atoms with van der Waals surface area (Å²) in [7, 11) is -0.145. The molecule has 1 aromatic carbocycles. The normalized spacial score (nSPS) is 21.4. The predicted molar refractivity (Wildman–Crippen MR) is 109 cm³/mol. The van der Waals surface area contributed by atoms with Crippen LogP contribution in [0.3, 0.4) is 0 Å². The maximum absolute atomic E-state index is 12.8. The van der Waals surface area contributed by atoms with E-state index in [0.717, 1.165) is 37.5 Å². The second kappa shape index (κ2) is 7.26. The van der Waals surface area contributed by atoms with Gasteiger partial charge in [-0.1, -0.05) is 23.7 Å². The molecule has 1 fully saturated rings. The molecule has 3 heterocycles. The number of anilines is 1. The zero-order chi connectivity index (χ0) is 19.9. The number of fused-ring (bicyclic) bond motifs is 2. The summed E-state index contributed by atoms with van der Waals surface area (Å²) < 4.78 is 27.0. The lowest BCUT2D eigenvalue weighted by atomic mass is 9.75. The number of likely N-dealkylation sites (tertiary alicyclic amines) is 1. The topological polar surface area (TPSA) is 78.4 Å². The van der Waals surface area contributed by atoms with E-state index in [2.05, 4.69) is 32.3 Å². The molecule has 1 N–H and O–H groups in total. The van der Waals surface area contributed by atoms with Crippen molar-refractivity contribution in [1.29, 1.82) is 0 Å². The predicted octanol–water partition coefficient (Wildman–Crippen LogP) is 2.34. The molecule has 28 heavy (non-hydrogen) atoms. The van der Waals surface area contributed by atoms with Gasteiger partial charge in [-0.25, -0.2) is 18.4 Å². The van der Waals surface area contributed by atoms with E-state index in [1.165, 1.54) is 16.1 Å². The van der Waals surface area contributed by atoms with Crippen LogP contribution in [0.4, 0.5) is 5.95 Å². The fraction of sp³-hybridized carbons (Fsp3) is 0.474. The van der Waals surface area contributed by atoms with Crippen LogP contribution in [0.1, 0.15) is 24.1 Å². The Hall–Kier alpha value is -1.74. The van der Waals surface area contributed by atoms with Crippen molar-refractivity contribution in [3.05, 3.63) is 46.7 Å². The third-order valence-corrected chi connectivity index (χ3v) is 7.88. The number of sulfonamides is 1. The van der Waals surface area contributed by atoms with E-state index in [1.807, 2.05) is 12.1 Å². The Morgan fingerprint density at radius 2 is 1.89 bits per heavy atom. The molecular weight excluding hydrogens is 398 g/mol. The first-order chi connectivity index (χ1) is 13.3. The van der Waals surface area contributed by atoms with Crippen LogP contribution < -0.4 is 5.32 Å². The van der Waals surface area contributed by atoms with Gasteiger partial charge in [0.1, 0.15) is 4.90 Å². The monoisotopic (exact) mass is 421 g/mol. The zero-order valence-electron chi connectivity index (χ0n) is 16.0. The van der Waals surface area contributed by atoms with E-state index in [-0.39, 0.29) is 10.3 Å². The lowest BCUT2D eigenvalue weighted by Gasteiger charge is -2.46. The fourth-order valence-electron chi connectivity index (χ4n) is 4.20. The summed E-state index contributed by atoms with van der Waals surface area (Å²) in [6.07, 6.45) is 3.15. The minimum Gasteiger partial charge on any atom is -0.357 e. The molecule has 1 saturated heterocycles. The second-order valence-electron chi connectivity index (χ2n) is 7.60. The maximum Gasteiger partial charge on any atom is 0.246 e. The van der Waals surface area contributed by atoms with Crippen molar-refractivity contribution in [2.24, 2.45) is 0 Å². The maximum atomic E-state index is 12.8. The van der Waals surface area contributed by atoms with Gasteiger partial charge in [0.2, 0.25) is 16.0 Å². The number of nitrogens with one attached hydrogen (secondary N) is 1. The third kappa shape index (κ3) is 3.39. The number of aromatic nitrogens is 2. The molecule has 0 saturated carbocycles. The number of hydrogen-bond donors (Lipinski definition) is 1. The molecule has 0 unspecified atom stereocenters. The highest BCUT2D eigenvalue weighted by molar-refractivity contribution is 7.89. The SMILES string of the molecule is CNc1ncc2c(n1)C1(CCN(Cc3ccc(Cl)cc3)CC1)CN(C)S2(=O)=O. The van der Waals surface area contributed by atoms with Crippen LogP contribution in [0, 0.1) is 0 Å². The number of halogens is 1. The first kappa shape index (κ1) is 19.6. The van der Waals surface area contributed by atoms with E-state index < -0.39 is 10.0 Å². The number of hydrogen-bond acceptors (Lipinski definition) is 6. The Labute approximate surface area is 170 Å². The first-order valence-corrected chi connectivity index (χ1v) is 11.1. The first-order valence-electron chi connectivity index (χ1n) is 9.32. The van der Waals surface area contributed by atoms with Gasteiger partial charge >= 0.3 is 0 Å². The van der Waals surface area contributed by atoms with Gasteiger partial charge in [0.05, 0.1) is 11.9 Å². The lowest BCUT2D eigenvalue weighted by molar-refractivity contribution is 0.130. The van der Waals surface area contributed by atoms with Crippen molar-refractivity contribution >= 4 is 27.6 Å². The zero-order valence-corrected chi connectivity index (χ0v) is 17.6. The van der Waals surface area contributed by atoms with Crippen molar-refractivity contribution in [2.75, 3.05) is 39.0 Å². The average Bonchev–Trinajstić information content (AvgIpc) is 2.70. The molecule has 1 spiro atoms. The molecule has 4 rings (SSSR count). The summed E-state index contributed by atoms with van der Waals surface area (Å²) in [5.74, 6) is 0.460. The van der Waals surface area contributed by atoms with Gasteiger partial charge in [-0.05, 0) is 43.6 Å². The molecule has 7 nitrogen and oxygen atoms in total. The lowest BCUT2D eigenvalue weighted by Crippen LogP contribution is -2.53. The van der Waals surface area contributed by atoms with E-state index in [0.29, 0.717) is 18.2 Å². The fourth-order valence-corrected chi connectivity index (χ4v) is 5.77. The Morgan fingerprint density at radius 3 is 2.54 bits per heavy atom. The highest BCUT2D eigenvalue weighted by Crippen LogP contribution is 2.43. The van der Waals surface area contributed by atoms with Gasteiger partial charge in [-0.2, -0.15) is 4.31 Å². The Morgan fingerprint density at radius 1 is 1.21 bits per heavy atom. The smallest absolute Gasteiger partial charge is 0.246 e. The van der Waals surface area contributed by atoms with Crippen LogP contribution in [0.25, 0.3) is 0 Å². The summed E-state index contributed by atoms with van der Waals surface area (Å²) in [6.45, 7) is 3.08. The van der Waals surface area contributed by atoms with Gasteiger partial charge in [0.25, 0.3) is 0 Å². The van der Waals surface area contributed by atoms with Crippen molar-refractivity contribution in [1.82, 2.24) is 19.2 Å². The number of rotatable bonds is 3. The minimum atomic E-state index is -3.53. The van der Waals surface area contributed by atoms with E-state index >= 15 is 0 Å². The van der Waals surface area contributed by atoms with E-state index in [4.69, 9.17) is 11.6 Å². The van der Waals surface area contributed by atoms with E-state index in [1.54, 1.807) is 14.1 Å². The molecule has 150 valence electrons. The standard InChI is InChI=1S/C19H24ClN5O2S/c1-21-18-22-11-16-17(23-18)19(13-24(2)28(16,26)27)7-9-25(10-8-19)12-14-3-5-15(20)6-4-14/h3-6,11H,7-10,12-13H2,1-2H3,(H,21,22,23). The van der Waals surface area contributed by atoms with Gasteiger partial charge in [-0.3, -0.25) is 4.90 Å². The third-order valence-electron chi connectivity index (χ3n) is 5.83. The van der Waals surface area contributed by atoms with Crippen LogP contribution in [0.15, 0.2) is 35.4 Å². The van der Waals surface area contributed by atoms with Gasteiger partial charge in [-0.15, -0.1) is 0 Å². The summed E-state index contributed by atoms with van der Waals surface area (Å²) in [4.78, 5) is 11.4. The number of nitrogens with zero attached hydrogens (tertiary/aromatic N) is 4. The minimum absolute atomic E-state index is 0.242. The molecular formula is C19H24ClN5O2S. The highest BCUT2D eigenvalue weighted by Gasteiger charge is 2.48. The van der Waals surface area contributed by atoms with Crippen molar-refractivity contribution in [2.45, 2.75) is 29.7 Å². The molecule has 2 aliphatic rings. The number of benzene rings is 1. The Bertz CT molecular complexity index is 972. The van der Waals surface area contributed by atoms with Crippen molar-refractivity contribution in [3.8, 4) is 0 Å². The molecule has 1 aromatic heterocycles. The molecule has 0 amide bonds. The van der Waals surface area contributed by atoms with Gasteiger partial charge in [0, 0.05) is 37.6 Å². The van der Waals surface area contributed by atoms with Crippen LogP contribution in [0.5, 0.6) is 0 Å². The number of likely N-dealkylation sites (N-methyl/N-ethyl adjacent to an activating group) is 1. The molecule has 0 radical (unpaired) electrons. The molecule has 0 aliphatic carbocycles. The van der Waals surface area contributed by atoms with Gasteiger partial charge < -0.3 is 5.32 Å². The summed E-state index contributed by atoms with van der Waals surface area (Å²) in [5, 5.41) is 3.67. The van der Waals surface area contributed by atoms with Crippen LogP contribution in [-0.4, -0.2) is 61.3 Å². The van der Waals surface area contributed by atoms with Crippen molar-refractivity contribution < 1.29 is 8.42 Å². The average molecular weight is 422 g/mol. The highest BCUT2D eigenvalue weighted by atomic mass is 35.5. The van der Waals surface area contributed by atoms with Crippen LogP contribution in [0.2, 0.25) is 5.02 Å². The summed E-state index contributed by atoms with van der Waals surface area (Å²) >= 11 is 5.98. The molecule has 2 aliphatic heterocycles. The van der Waals surface area contributed by atoms with Crippen molar-refractivity contribution in [3.63, 3.8) is 0 Å². The van der Waals surface area contributed by atoms with Crippen LogP contribution in [-0.2, 0) is 22.0 Å². The molecule has 0 atom stereocenters. The van der Waals surface area contributed by atoms with Crippen LogP contribution >= 0.6 is 11.6 Å². The molecule has 9 heteroatoms. The quantitative estimate of drug-likeness (QED) is 0.819. The second-order valence-corrected chi connectivity index (χ2v) is 10.1. The van der Waals surface area contributed by atoms with E-state index in [9.17, 15) is 8.42 Å². The summed E-state index contributed by atoms with van der Waals surface area (Å²) in [6, 6.07) is 7.93. The molecule has 0 bridgehead atoms. The molecule has 2 aromatic rings. The Kier molecular flexibility index (Phi) is 5.07. The Balaban J connectivity index is 1.60. The summed E-state index contributed by atoms with van der Waals surface area (Å²) in [5.41, 5.74) is 1.61. The van der Waals surface area contributed by atoms with Gasteiger partial charge in [0.15, 0.2) is 0 Å². The largest absolute Gasteiger partial charge is 0.357 e.